The summed E-state index contributed by atoms with van der Waals surface area (Å²) < 4.78 is 0. The average molecular weight is 735 g/mol. The Morgan fingerprint density at radius 1 is 0.556 bits per heavy atom. The topological polar surface area (TPSA) is 120 Å². The predicted molar refractivity (Wildman–Crippen MR) is 143 cm³/mol. The second-order valence-electron chi connectivity index (χ2n) is 8.51. The molecule has 0 saturated heterocycles. The molecule has 0 amide bonds. The van der Waals surface area contributed by atoms with Crippen molar-refractivity contribution >= 4 is 34.1 Å². The van der Waals surface area contributed by atoms with Crippen molar-refractivity contribution in [2.75, 3.05) is 28.2 Å². The van der Waals surface area contributed by atoms with Crippen LogP contribution >= 0.6 is 34.1 Å². The fraction of sp³-hybridized carbons (Fsp3) is 0.800. The van der Waals surface area contributed by atoms with Gasteiger partial charge in [-0.25, -0.2) is 24.8 Å². The first kappa shape index (κ1) is 67.1. The van der Waals surface area contributed by atoms with Crippen molar-refractivity contribution in [3.8, 4) is 0 Å². The fourth-order valence-electron chi connectivity index (χ4n) is 0.267. The molecule has 0 aliphatic carbocycles. The Kier molecular flexibility index (Phi) is 79.7. The van der Waals surface area contributed by atoms with Gasteiger partial charge in [-0.15, -0.1) is 33.8 Å². The Morgan fingerprint density at radius 2 is 0.611 bits per heavy atom. The molecule has 202 valence electrons. The van der Waals surface area contributed by atoms with Crippen LogP contribution in [0.5, 0.6) is 0 Å². The summed E-state index contributed by atoms with van der Waals surface area (Å²) in [5.74, 6) is 0. The van der Waals surface area contributed by atoms with Crippen molar-refractivity contribution < 1.29 is 114 Å². The molecule has 0 aliphatic heterocycles. The Bertz CT molecular complexity index is 327. The Balaban J connectivity index is -0.0000000276. The summed E-state index contributed by atoms with van der Waals surface area (Å²) in [5, 5.41) is 41.8. The summed E-state index contributed by atoms with van der Waals surface area (Å²) in [6.45, 7) is 15.4. The van der Waals surface area contributed by atoms with E-state index in [0.29, 0.717) is 0 Å². The summed E-state index contributed by atoms with van der Waals surface area (Å²) >= 11 is -3.29. The second-order valence-corrected chi connectivity index (χ2v) is 30.9. The van der Waals surface area contributed by atoms with Crippen LogP contribution in [-0.2, 0) is 41.7 Å². The van der Waals surface area contributed by atoms with Crippen molar-refractivity contribution in [2.45, 2.75) is 79.1 Å². The average Bonchev–Trinajstić information content (AvgIpc) is 2.45. The van der Waals surface area contributed by atoms with Crippen molar-refractivity contribution in [2.24, 2.45) is 0 Å². The molecule has 0 bridgehead atoms. The van der Waals surface area contributed by atoms with Gasteiger partial charge in [-0.05, 0) is 41.5 Å². The first-order chi connectivity index (χ1) is 13.8. The SMILES string of the molecule is CC(C)(C)O.CC(C)(C)O.CC(C)(C)[O-].C[N-]/C=C\[N-]C.C[N-]C=C[N-]C.[Cl][Zr]([Cl])([Cl])[Cl].[Li+].[Li+].[Li+].[Zr+2]. The van der Waals surface area contributed by atoms with Crippen LogP contribution in [0.25, 0.3) is 21.3 Å². The molecule has 0 unspecified atom stereocenters. The molecular weight excluding hydrogens is 689 g/mol. The van der Waals surface area contributed by atoms with Gasteiger partial charge in [0.25, 0.3) is 0 Å². The van der Waals surface area contributed by atoms with Gasteiger partial charge in [0, 0.05) is 0 Å². The monoisotopic (exact) mass is 730 g/mol. The molecule has 16 heteroatoms. The van der Waals surface area contributed by atoms with E-state index in [4.69, 9.17) is 44.3 Å². The van der Waals surface area contributed by atoms with E-state index in [2.05, 4.69) is 21.3 Å². The van der Waals surface area contributed by atoms with E-state index in [0.717, 1.165) is 0 Å². The van der Waals surface area contributed by atoms with Crippen molar-refractivity contribution in [1.29, 1.82) is 0 Å². The molecule has 0 radical (unpaired) electrons. The molecule has 0 spiro atoms. The normalized spacial score (nSPS) is 9.67. The maximum Gasteiger partial charge on any atom is 2.00 e. The van der Waals surface area contributed by atoms with Gasteiger partial charge in [-0.3, -0.25) is 0 Å². The van der Waals surface area contributed by atoms with Crippen LogP contribution in [0, 0.1) is 0 Å². The van der Waals surface area contributed by atoms with Crippen LogP contribution in [0.4, 0.5) is 0 Å². The minimum atomic E-state index is -3.29. The summed E-state index contributed by atoms with van der Waals surface area (Å²) in [4.78, 5) is 0. The fourth-order valence-corrected chi connectivity index (χ4v) is 0.267. The van der Waals surface area contributed by atoms with Crippen LogP contribution in [0.1, 0.15) is 62.3 Å². The van der Waals surface area contributed by atoms with E-state index >= 15 is 0 Å². The van der Waals surface area contributed by atoms with Gasteiger partial charge < -0.3 is 36.6 Å². The zero-order valence-electron chi connectivity index (χ0n) is 25.4. The maximum absolute atomic E-state index is 10.1. The molecule has 0 heterocycles. The van der Waals surface area contributed by atoms with E-state index in [1.807, 2.05) is 0 Å². The van der Waals surface area contributed by atoms with Gasteiger partial charge in [0.2, 0.25) is 0 Å². The minimum Gasteiger partial charge on any atom is 1.00 e. The largest absolute Gasteiger partial charge is 2.00 e. The van der Waals surface area contributed by atoms with Crippen molar-refractivity contribution in [3.05, 3.63) is 46.1 Å². The Hall–Kier alpha value is 3.28. The molecule has 36 heavy (non-hydrogen) atoms. The predicted octanol–water partition coefficient (Wildman–Crippen LogP) is -1.61. The van der Waals surface area contributed by atoms with Gasteiger partial charge in [-0.2, -0.15) is 0 Å². The van der Waals surface area contributed by atoms with Crippen LogP contribution in [0.15, 0.2) is 24.8 Å². The Labute approximate surface area is 297 Å². The van der Waals surface area contributed by atoms with Crippen LogP contribution in [-0.4, -0.2) is 55.2 Å². The number of aliphatic hydroxyl groups is 2. The Morgan fingerprint density at radius 3 is 0.639 bits per heavy atom. The number of rotatable bonds is 4. The van der Waals surface area contributed by atoms with E-state index < -0.39 is 32.3 Å². The third kappa shape index (κ3) is 570. The van der Waals surface area contributed by atoms with Gasteiger partial charge in [0.05, 0.1) is 11.2 Å². The molecule has 7 nitrogen and oxygen atoms in total. The molecule has 0 aromatic rings. The summed E-state index contributed by atoms with van der Waals surface area (Å²) in [6, 6.07) is 0. The summed E-state index contributed by atoms with van der Waals surface area (Å²) in [7, 11) is 27.0. The standard InChI is InChI=1S/2C4H8N2.2C4H10O.C4H9O.4ClH.3Li.2Zr/c2*1-5-3-4-6-2;3*1-4(2,3)5;;;;;;;;;/h2*3-4H,1-2H3;2*5H,1-3H3;1-3H3;4*1H;;;;;/q2*-2;;;-1;;;;;3*+1;+2;+4/p-4/b4-3-;;;;;;;;;;;;;. The zero-order chi connectivity index (χ0) is 27.7. The van der Waals surface area contributed by atoms with Gasteiger partial charge in [0.15, 0.2) is 0 Å². The number of nitrogens with zero attached hydrogens (tertiary/aromatic N) is 4. The van der Waals surface area contributed by atoms with Crippen LogP contribution in [0.2, 0.25) is 0 Å². The van der Waals surface area contributed by atoms with Crippen molar-refractivity contribution in [1.82, 2.24) is 0 Å². The van der Waals surface area contributed by atoms with Gasteiger partial charge in [0.1, 0.15) is 0 Å². The molecule has 2 N–H and O–H groups in total. The van der Waals surface area contributed by atoms with E-state index in [-0.39, 0.29) is 82.8 Å². The molecule has 0 saturated carbocycles. The van der Waals surface area contributed by atoms with E-state index in [9.17, 15) is 5.11 Å². The van der Waals surface area contributed by atoms with Crippen LogP contribution in [0.3, 0.4) is 0 Å². The molecule has 0 aliphatic rings. The summed E-state index contributed by atoms with van der Waals surface area (Å²) in [5.41, 5.74) is -1.75. The number of hydrogen-bond donors (Lipinski definition) is 2. The third-order valence-corrected chi connectivity index (χ3v) is 0.730. The van der Waals surface area contributed by atoms with Crippen molar-refractivity contribution in [3.63, 3.8) is 0 Å². The number of halogens is 4. The number of hydrogen-bond acceptors (Lipinski definition) is 3. The minimum absolute atomic E-state index is 0. The molecule has 0 rings (SSSR count). The molecule has 0 aromatic heterocycles. The first-order valence-electron chi connectivity index (χ1n) is 9.40. The quantitative estimate of drug-likeness (QED) is 0.339. The molecule has 0 fully saturated rings. The first-order valence-corrected chi connectivity index (χ1v) is 22.1. The van der Waals surface area contributed by atoms with Gasteiger partial charge >= 0.3 is 132 Å². The summed E-state index contributed by atoms with van der Waals surface area (Å²) in [6.07, 6.45) is 6.56. The third-order valence-electron chi connectivity index (χ3n) is 0.730. The molecular formula is C20H45Cl4Li3N4O3Zr2. The van der Waals surface area contributed by atoms with Crippen LogP contribution < -0.4 is 61.7 Å². The smallest absolute Gasteiger partial charge is 1.00 e. The zero-order valence-corrected chi connectivity index (χ0v) is 33.4. The molecule has 0 aromatic carbocycles. The van der Waals surface area contributed by atoms with E-state index in [1.165, 1.54) is 0 Å². The maximum atomic E-state index is 10.1. The second kappa shape index (κ2) is 42.7. The molecule has 0 atom stereocenters. The van der Waals surface area contributed by atoms with E-state index in [1.54, 1.807) is 115 Å². The van der Waals surface area contributed by atoms with Gasteiger partial charge in [-0.1, -0.05) is 20.8 Å².